The van der Waals surface area contributed by atoms with Crippen LogP contribution in [-0.2, 0) is 12.8 Å². The monoisotopic (exact) mass is 470 g/mol. The minimum atomic E-state index is 0.857. The summed E-state index contributed by atoms with van der Waals surface area (Å²) in [6, 6.07) is 32.5. The Morgan fingerprint density at radius 1 is 0.639 bits per heavy atom. The molecule has 6 aromatic rings. The molecule has 0 saturated heterocycles. The minimum absolute atomic E-state index is 0.857. The predicted molar refractivity (Wildman–Crippen MR) is 148 cm³/mol. The Bertz CT molecular complexity index is 1690. The first-order valence-electron chi connectivity index (χ1n) is 12.7. The van der Waals surface area contributed by atoms with Crippen LogP contribution < -0.4 is 0 Å². The minimum Gasteiger partial charge on any atom is -0.297 e. The van der Waals surface area contributed by atoms with E-state index >= 15 is 0 Å². The van der Waals surface area contributed by atoms with Crippen LogP contribution in [-0.4, -0.2) is 19.1 Å². The fraction of sp³-hybridized carbons (Fsp3) is 0.188. The molecule has 4 nitrogen and oxygen atoms in total. The molecule has 0 N–H and O–H groups in total. The van der Waals surface area contributed by atoms with Crippen molar-refractivity contribution in [2.75, 3.05) is 0 Å². The molecule has 0 aliphatic heterocycles. The average molecular weight is 471 g/mol. The van der Waals surface area contributed by atoms with Gasteiger partial charge in [-0.15, -0.1) is 0 Å². The van der Waals surface area contributed by atoms with Gasteiger partial charge in [-0.25, -0.2) is 9.97 Å². The summed E-state index contributed by atoms with van der Waals surface area (Å²) >= 11 is 0. The van der Waals surface area contributed by atoms with Crippen LogP contribution in [0.4, 0.5) is 0 Å². The molecule has 0 aliphatic rings. The van der Waals surface area contributed by atoms with Gasteiger partial charge in [0.25, 0.3) is 0 Å². The van der Waals surface area contributed by atoms with E-state index in [1.54, 1.807) is 0 Å². The van der Waals surface area contributed by atoms with Crippen LogP contribution in [0.1, 0.15) is 41.7 Å². The van der Waals surface area contributed by atoms with Gasteiger partial charge in [0.1, 0.15) is 11.6 Å². The number of benzene rings is 4. The van der Waals surface area contributed by atoms with Gasteiger partial charge in [-0.1, -0.05) is 55.0 Å². The molecule has 6 rings (SSSR count). The highest BCUT2D eigenvalue weighted by molar-refractivity contribution is 5.80. The van der Waals surface area contributed by atoms with Crippen molar-refractivity contribution in [3.05, 3.63) is 119 Å². The summed E-state index contributed by atoms with van der Waals surface area (Å²) in [5.74, 6) is 2.12. The van der Waals surface area contributed by atoms with E-state index in [0.717, 1.165) is 53.1 Å². The third-order valence-corrected chi connectivity index (χ3v) is 6.86. The third kappa shape index (κ3) is 3.99. The summed E-state index contributed by atoms with van der Waals surface area (Å²) in [6.07, 6.45) is 2.88. The van der Waals surface area contributed by atoms with Crippen molar-refractivity contribution < 1.29 is 0 Å². The largest absolute Gasteiger partial charge is 0.297 e. The number of fused-ring (bicyclic) bond motifs is 2. The number of imidazole rings is 2. The fourth-order valence-corrected chi connectivity index (χ4v) is 5.17. The van der Waals surface area contributed by atoms with E-state index in [0.29, 0.717) is 0 Å². The smallest absolute Gasteiger partial charge is 0.114 e. The van der Waals surface area contributed by atoms with E-state index in [-0.39, 0.29) is 0 Å². The van der Waals surface area contributed by atoms with E-state index < -0.39 is 0 Å². The van der Waals surface area contributed by atoms with Crippen molar-refractivity contribution in [2.24, 2.45) is 0 Å². The van der Waals surface area contributed by atoms with Crippen molar-refractivity contribution in [3.63, 3.8) is 0 Å². The second-order valence-electron chi connectivity index (χ2n) is 9.60. The van der Waals surface area contributed by atoms with Crippen molar-refractivity contribution in [3.8, 4) is 11.4 Å². The molecular weight excluding hydrogens is 440 g/mol. The lowest BCUT2D eigenvalue weighted by Gasteiger charge is -2.11. The maximum absolute atomic E-state index is 5.06. The molecule has 0 fully saturated rings. The van der Waals surface area contributed by atoms with Crippen LogP contribution in [0.25, 0.3) is 33.4 Å². The van der Waals surface area contributed by atoms with E-state index in [1.165, 1.54) is 27.9 Å². The Kier molecular flexibility index (Phi) is 5.65. The van der Waals surface area contributed by atoms with Gasteiger partial charge in [0.05, 0.1) is 22.1 Å². The number of hydrogen-bond donors (Lipinski definition) is 0. The zero-order valence-corrected chi connectivity index (χ0v) is 21.1. The van der Waals surface area contributed by atoms with E-state index in [2.05, 4.69) is 115 Å². The van der Waals surface area contributed by atoms with Crippen LogP contribution in [0.2, 0.25) is 0 Å². The Morgan fingerprint density at radius 3 is 2.25 bits per heavy atom. The van der Waals surface area contributed by atoms with Gasteiger partial charge >= 0.3 is 0 Å². The molecule has 0 saturated carbocycles. The summed E-state index contributed by atoms with van der Waals surface area (Å²) in [5.41, 5.74) is 10.5. The van der Waals surface area contributed by atoms with Gasteiger partial charge in [0.2, 0.25) is 0 Å². The molecule has 0 bridgehead atoms. The number of para-hydroxylation sites is 2. The molecule has 0 spiro atoms. The van der Waals surface area contributed by atoms with Crippen molar-refractivity contribution in [2.45, 2.75) is 40.0 Å². The predicted octanol–water partition coefficient (Wildman–Crippen LogP) is 7.52. The molecule has 178 valence electrons. The lowest BCUT2D eigenvalue weighted by molar-refractivity contribution is 0.818. The van der Waals surface area contributed by atoms with Gasteiger partial charge in [-0.05, 0) is 86.3 Å². The van der Waals surface area contributed by atoms with Crippen LogP contribution in [0, 0.1) is 13.8 Å². The van der Waals surface area contributed by atoms with Gasteiger partial charge < -0.3 is 0 Å². The number of nitrogens with zero attached hydrogens (tertiary/aromatic N) is 4. The first-order valence-corrected chi connectivity index (χ1v) is 12.7. The fourth-order valence-electron chi connectivity index (χ4n) is 5.17. The standard InChI is InChI=1S/C32H30N4/c1-4-8-32-34-29-21-25(15-18-31(29)36(32)26-16-13-22(2)14-17-26)19-24-9-7-10-27(20-24)35-23(3)33-28-11-5-6-12-30(28)35/h5-7,9-18,20-21H,4,8,19H2,1-3H3. The summed E-state index contributed by atoms with van der Waals surface area (Å²) in [5, 5.41) is 0. The number of aryl methyl sites for hydroxylation is 3. The normalized spacial score (nSPS) is 11.5. The molecule has 4 aromatic carbocycles. The highest BCUT2D eigenvalue weighted by Gasteiger charge is 2.13. The molecule has 36 heavy (non-hydrogen) atoms. The second kappa shape index (κ2) is 9.12. The molecule has 2 aromatic heterocycles. The zero-order valence-electron chi connectivity index (χ0n) is 21.1. The number of aromatic nitrogens is 4. The first kappa shape index (κ1) is 22.3. The Hall–Kier alpha value is -4.18. The number of hydrogen-bond acceptors (Lipinski definition) is 2. The van der Waals surface area contributed by atoms with Crippen molar-refractivity contribution in [1.82, 2.24) is 19.1 Å². The summed E-state index contributed by atoms with van der Waals surface area (Å²) in [4.78, 5) is 9.80. The molecular formula is C32H30N4. The third-order valence-electron chi connectivity index (χ3n) is 6.86. The average Bonchev–Trinajstić information content (AvgIpc) is 3.41. The quantitative estimate of drug-likeness (QED) is 0.252. The zero-order chi connectivity index (χ0) is 24.6. The molecule has 0 atom stereocenters. The number of rotatable bonds is 6. The van der Waals surface area contributed by atoms with Crippen molar-refractivity contribution in [1.29, 1.82) is 0 Å². The van der Waals surface area contributed by atoms with Gasteiger partial charge in [0, 0.05) is 17.8 Å². The SMILES string of the molecule is CCCc1nc2cc(Cc3cccc(-n4c(C)nc5ccccc54)c3)ccc2n1-c1ccc(C)cc1. The maximum atomic E-state index is 5.06. The lowest BCUT2D eigenvalue weighted by atomic mass is 10.0. The highest BCUT2D eigenvalue weighted by atomic mass is 15.1. The van der Waals surface area contributed by atoms with Gasteiger partial charge in [-0.2, -0.15) is 0 Å². The topological polar surface area (TPSA) is 35.6 Å². The van der Waals surface area contributed by atoms with Crippen LogP contribution >= 0.6 is 0 Å². The first-order chi connectivity index (χ1) is 17.6. The van der Waals surface area contributed by atoms with Crippen molar-refractivity contribution >= 4 is 22.1 Å². The summed E-state index contributed by atoms with van der Waals surface area (Å²) < 4.78 is 4.55. The second-order valence-corrected chi connectivity index (χ2v) is 9.60. The van der Waals surface area contributed by atoms with Crippen LogP contribution in [0.15, 0.2) is 91.0 Å². The molecule has 0 amide bonds. The van der Waals surface area contributed by atoms with E-state index in [1.807, 2.05) is 6.07 Å². The highest BCUT2D eigenvalue weighted by Crippen LogP contribution is 2.26. The van der Waals surface area contributed by atoms with Crippen LogP contribution in [0.5, 0.6) is 0 Å². The molecule has 0 aliphatic carbocycles. The van der Waals surface area contributed by atoms with Gasteiger partial charge in [0.15, 0.2) is 0 Å². The Balaban J connectivity index is 1.36. The Labute approximate surface area is 211 Å². The molecule has 2 heterocycles. The van der Waals surface area contributed by atoms with E-state index in [4.69, 9.17) is 9.97 Å². The summed E-state index contributed by atoms with van der Waals surface area (Å²) in [7, 11) is 0. The maximum Gasteiger partial charge on any atom is 0.114 e. The van der Waals surface area contributed by atoms with Gasteiger partial charge in [-0.3, -0.25) is 9.13 Å². The Morgan fingerprint density at radius 2 is 1.42 bits per heavy atom. The van der Waals surface area contributed by atoms with Crippen LogP contribution in [0.3, 0.4) is 0 Å². The molecule has 4 heteroatoms. The lowest BCUT2D eigenvalue weighted by Crippen LogP contribution is -2.01. The van der Waals surface area contributed by atoms with E-state index in [9.17, 15) is 0 Å². The molecule has 0 radical (unpaired) electrons. The molecule has 0 unspecified atom stereocenters. The summed E-state index contributed by atoms with van der Waals surface area (Å²) in [6.45, 7) is 6.40.